The van der Waals surface area contributed by atoms with E-state index in [0.717, 1.165) is 103 Å². The van der Waals surface area contributed by atoms with Gasteiger partial charge in [0.15, 0.2) is 12.2 Å². The van der Waals surface area contributed by atoms with Gasteiger partial charge in [0.25, 0.3) is 0 Å². The number of hydrogen-bond acceptors (Lipinski definition) is 15. The number of ether oxygens (including phenoxy) is 4. The van der Waals surface area contributed by atoms with Crippen LogP contribution >= 0.6 is 15.6 Å². The standard InChI is InChI=1S/C71H138O17P2/c1-5-9-13-17-21-24-27-29-31-32-34-36-39-42-46-50-54-58-71(76)88-67(62-82-69(74)56-52-48-44-40-38-35-33-30-28-25-22-18-14-10-6-2)64-86-90(79,80)84-60-65(72)59-83-89(77,78)85-63-66(61-81-68(73)55-51-47-43-20-16-12-8-4)87-70(75)57-53-49-45-41-37-26-23-19-15-11-7-3/h65-67,72H,5-64H2,1-4H3,(H,77,78)(H,79,80)/t65-,66+,67+/m0/s1. The van der Waals surface area contributed by atoms with Gasteiger partial charge < -0.3 is 33.8 Å². The van der Waals surface area contributed by atoms with Crippen molar-refractivity contribution in [3.8, 4) is 0 Å². The van der Waals surface area contributed by atoms with Crippen molar-refractivity contribution in [1.82, 2.24) is 0 Å². The molecular weight excluding hydrogens is 1190 g/mol. The van der Waals surface area contributed by atoms with E-state index in [1.807, 2.05) is 0 Å². The third kappa shape index (κ3) is 64.8. The molecule has 0 aromatic heterocycles. The molecule has 0 fully saturated rings. The first-order chi connectivity index (χ1) is 43.7. The average Bonchev–Trinajstić information content (AvgIpc) is 3.19. The number of aliphatic hydroxyl groups excluding tert-OH is 1. The molecule has 0 aliphatic heterocycles. The first kappa shape index (κ1) is 88.1. The number of carbonyl (C=O) groups is 4. The highest BCUT2D eigenvalue weighted by molar-refractivity contribution is 7.47. The lowest BCUT2D eigenvalue weighted by molar-refractivity contribution is -0.161. The lowest BCUT2D eigenvalue weighted by Gasteiger charge is -2.21. The van der Waals surface area contributed by atoms with E-state index in [1.54, 1.807) is 0 Å². The van der Waals surface area contributed by atoms with Crippen molar-refractivity contribution in [2.45, 2.75) is 393 Å². The summed E-state index contributed by atoms with van der Waals surface area (Å²) in [6.45, 7) is 4.92. The summed E-state index contributed by atoms with van der Waals surface area (Å²) in [6, 6.07) is 0. The largest absolute Gasteiger partial charge is 0.472 e. The molecule has 2 unspecified atom stereocenters. The Morgan fingerprint density at radius 3 is 0.656 bits per heavy atom. The third-order valence-corrected chi connectivity index (χ3v) is 18.5. The fraction of sp³-hybridized carbons (Fsp3) is 0.944. The number of phosphoric acid groups is 2. The minimum Gasteiger partial charge on any atom is -0.462 e. The SMILES string of the molecule is CCCCCCCCCCCCCCCCCCCC(=O)O[C@H](COC(=O)CCCCCCCCCCCCCCCCC)COP(=O)(O)OC[C@@H](O)COP(=O)(O)OC[C@@H](COC(=O)CCCCCCCCC)OC(=O)CCCCCCCCCCCCC. The topological polar surface area (TPSA) is 237 Å². The van der Waals surface area contributed by atoms with Crippen LogP contribution in [0.1, 0.15) is 374 Å². The summed E-state index contributed by atoms with van der Waals surface area (Å²) >= 11 is 0. The molecule has 0 heterocycles. The van der Waals surface area contributed by atoms with E-state index in [-0.39, 0.29) is 25.7 Å². The lowest BCUT2D eigenvalue weighted by atomic mass is 10.0. The van der Waals surface area contributed by atoms with Crippen LogP contribution in [-0.2, 0) is 65.4 Å². The van der Waals surface area contributed by atoms with Crippen LogP contribution in [0.4, 0.5) is 0 Å². The van der Waals surface area contributed by atoms with E-state index in [1.165, 1.54) is 193 Å². The molecule has 5 atom stereocenters. The van der Waals surface area contributed by atoms with E-state index in [2.05, 4.69) is 27.7 Å². The first-order valence-electron chi connectivity index (χ1n) is 37.3. The van der Waals surface area contributed by atoms with Gasteiger partial charge >= 0.3 is 39.5 Å². The molecule has 17 nitrogen and oxygen atoms in total. The Morgan fingerprint density at radius 1 is 0.267 bits per heavy atom. The Morgan fingerprint density at radius 2 is 0.444 bits per heavy atom. The maximum absolute atomic E-state index is 13.0. The van der Waals surface area contributed by atoms with Gasteiger partial charge in [0.1, 0.15) is 19.3 Å². The molecule has 0 spiro atoms. The van der Waals surface area contributed by atoms with Crippen molar-refractivity contribution in [2.75, 3.05) is 39.6 Å². The summed E-state index contributed by atoms with van der Waals surface area (Å²) in [5.74, 6) is -2.12. The van der Waals surface area contributed by atoms with Crippen molar-refractivity contribution in [1.29, 1.82) is 0 Å². The summed E-state index contributed by atoms with van der Waals surface area (Å²) in [5, 5.41) is 10.6. The predicted octanol–water partition coefficient (Wildman–Crippen LogP) is 20.7. The maximum atomic E-state index is 13.0. The van der Waals surface area contributed by atoms with Crippen molar-refractivity contribution >= 4 is 39.5 Å². The molecule has 0 saturated carbocycles. The molecule has 0 amide bonds. The molecular formula is C71H138O17P2. The average molecular weight is 1330 g/mol. The van der Waals surface area contributed by atoms with E-state index >= 15 is 0 Å². The molecule has 0 aromatic rings. The van der Waals surface area contributed by atoms with Crippen molar-refractivity contribution in [2.24, 2.45) is 0 Å². The summed E-state index contributed by atoms with van der Waals surface area (Å²) in [7, 11) is -9.89. The Balaban J connectivity index is 5.19. The van der Waals surface area contributed by atoms with Gasteiger partial charge in [-0.3, -0.25) is 37.3 Å². The molecule has 90 heavy (non-hydrogen) atoms. The molecule has 0 aromatic carbocycles. The summed E-state index contributed by atoms with van der Waals surface area (Å²) in [5.41, 5.74) is 0. The van der Waals surface area contributed by atoms with Gasteiger partial charge in [-0.15, -0.1) is 0 Å². The van der Waals surface area contributed by atoms with E-state index in [9.17, 15) is 43.2 Å². The zero-order valence-corrected chi connectivity index (χ0v) is 59.9. The quantitative estimate of drug-likeness (QED) is 0.0222. The number of unbranched alkanes of at least 4 members (excludes halogenated alkanes) is 46. The highest BCUT2D eigenvalue weighted by atomic mass is 31.2. The van der Waals surface area contributed by atoms with E-state index < -0.39 is 97.5 Å². The molecule has 0 radical (unpaired) electrons. The summed E-state index contributed by atoms with van der Waals surface area (Å²) in [6.07, 6.45) is 54.1. The first-order valence-corrected chi connectivity index (χ1v) is 40.3. The molecule has 0 bridgehead atoms. The van der Waals surface area contributed by atoms with Crippen LogP contribution in [0.25, 0.3) is 0 Å². The molecule has 534 valence electrons. The van der Waals surface area contributed by atoms with Gasteiger partial charge in [-0.05, 0) is 25.7 Å². The Hall–Kier alpha value is -1.94. The number of esters is 4. The van der Waals surface area contributed by atoms with Crippen LogP contribution in [0.2, 0.25) is 0 Å². The summed E-state index contributed by atoms with van der Waals surface area (Å²) < 4.78 is 68.2. The Kier molecular flexibility index (Phi) is 64.3. The molecule has 0 aliphatic rings. The van der Waals surface area contributed by atoms with Gasteiger partial charge in [0.2, 0.25) is 0 Å². The van der Waals surface area contributed by atoms with Crippen LogP contribution in [-0.4, -0.2) is 96.7 Å². The summed E-state index contributed by atoms with van der Waals surface area (Å²) in [4.78, 5) is 72.4. The highest BCUT2D eigenvalue weighted by Crippen LogP contribution is 2.45. The van der Waals surface area contributed by atoms with Gasteiger partial charge in [-0.25, -0.2) is 9.13 Å². The van der Waals surface area contributed by atoms with Crippen molar-refractivity contribution < 1.29 is 80.2 Å². The van der Waals surface area contributed by atoms with Gasteiger partial charge in [0, 0.05) is 25.7 Å². The van der Waals surface area contributed by atoms with Crippen LogP contribution in [0.3, 0.4) is 0 Å². The zero-order chi connectivity index (χ0) is 66.1. The fourth-order valence-electron chi connectivity index (χ4n) is 10.9. The van der Waals surface area contributed by atoms with E-state index in [4.69, 9.17) is 37.0 Å². The van der Waals surface area contributed by atoms with Crippen LogP contribution in [0, 0.1) is 0 Å². The van der Waals surface area contributed by atoms with Gasteiger partial charge in [-0.1, -0.05) is 323 Å². The number of phosphoric ester groups is 2. The maximum Gasteiger partial charge on any atom is 0.472 e. The van der Waals surface area contributed by atoms with Crippen LogP contribution in [0.15, 0.2) is 0 Å². The smallest absolute Gasteiger partial charge is 0.462 e. The van der Waals surface area contributed by atoms with Gasteiger partial charge in [-0.2, -0.15) is 0 Å². The zero-order valence-electron chi connectivity index (χ0n) is 58.1. The Labute approximate surface area is 549 Å². The second kappa shape index (κ2) is 65.7. The second-order valence-corrected chi connectivity index (χ2v) is 28.5. The van der Waals surface area contributed by atoms with E-state index in [0.29, 0.717) is 25.7 Å². The second-order valence-electron chi connectivity index (χ2n) is 25.6. The highest BCUT2D eigenvalue weighted by Gasteiger charge is 2.30. The minimum absolute atomic E-state index is 0.107. The normalized spacial score (nSPS) is 14.0. The molecule has 0 aliphatic carbocycles. The fourth-order valence-corrected chi connectivity index (χ4v) is 12.4. The monoisotopic (exact) mass is 1320 g/mol. The van der Waals surface area contributed by atoms with Crippen LogP contribution < -0.4 is 0 Å². The van der Waals surface area contributed by atoms with Gasteiger partial charge in [0.05, 0.1) is 26.4 Å². The number of carbonyl (C=O) groups excluding carboxylic acids is 4. The van der Waals surface area contributed by atoms with Crippen molar-refractivity contribution in [3.05, 3.63) is 0 Å². The van der Waals surface area contributed by atoms with Crippen LogP contribution in [0.5, 0.6) is 0 Å². The molecule has 19 heteroatoms. The third-order valence-electron chi connectivity index (χ3n) is 16.6. The minimum atomic E-state index is -4.95. The number of hydrogen-bond donors (Lipinski definition) is 3. The molecule has 0 saturated heterocycles. The number of rotatable bonds is 72. The number of aliphatic hydroxyl groups is 1. The molecule has 0 rings (SSSR count). The Bertz CT molecular complexity index is 1720. The van der Waals surface area contributed by atoms with Crippen molar-refractivity contribution in [3.63, 3.8) is 0 Å². The molecule has 3 N–H and O–H groups in total. The lowest BCUT2D eigenvalue weighted by Crippen LogP contribution is -2.30. The predicted molar refractivity (Wildman–Crippen MR) is 363 cm³/mol.